The van der Waals surface area contributed by atoms with Gasteiger partial charge in [-0.05, 0) is 36.4 Å². The van der Waals surface area contributed by atoms with Crippen molar-refractivity contribution in [1.29, 1.82) is 0 Å². The number of thiophene rings is 1. The first kappa shape index (κ1) is 17.6. The van der Waals surface area contributed by atoms with Crippen molar-refractivity contribution in [2.75, 3.05) is 31.4 Å². The van der Waals surface area contributed by atoms with E-state index in [1.165, 1.54) is 11.3 Å². The smallest absolute Gasteiger partial charge is 0.267 e. The number of carbonyl (C=O) groups excluding carboxylic acids is 1. The van der Waals surface area contributed by atoms with Gasteiger partial charge in [0, 0.05) is 22.5 Å². The van der Waals surface area contributed by atoms with Crippen LogP contribution in [0.3, 0.4) is 0 Å². The number of benzene rings is 2. The molecule has 4 aromatic rings. The Hall–Kier alpha value is -3.52. The second kappa shape index (κ2) is 6.82. The topological polar surface area (TPSA) is 95.7 Å². The molecule has 8 heteroatoms. The SMILES string of the molecule is COc1ccc2nc3sc(C(=O)Nc4ccc5c(c4)OCCO5)c(N)c3cc2c1. The van der Waals surface area contributed by atoms with Gasteiger partial charge in [-0.1, -0.05) is 0 Å². The van der Waals surface area contributed by atoms with Crippen molar-refractivity contribution in [2.45, 2.75) is 0 Å². The number of hydrogen-bond acceptors (Lipinski definition) is 7. The minimum Gasteiger partial charge on any atom is -0.497 e. The van der Waals surface area contributed by atoms with E-state index in [2.05, 4.69) is 10.3 Å². The third-order valence-electron chi connectivity index (χ3n) is 4.73. The first-order chi connectivity index (χ1) is 14.1. The second-order valence-corrected chi connectivity index (χ2v) is 7.56. The summed E-state index contributed by atoms with van der Waals surface area (Å²) in [6.07, 6.45) is 0. The molecule has 0 atom stereocenters. The number of nitrogens with one attached hydrogen (secondary N) is 1. The van der Waals surface area contributed by atoms with Gasteiger partial charge < -0.3 is 25.3 Å². The van der Waals surface area contributed by atoms with E-state index in [9.17, 15) is 4.79 Å². The standard InChI is InChI=1S/C21H17N3O4S/c1-26-13-3-4-15-11(8-13)9-14-18(22)19(29-21(14)24-15)20(25)23-12-2-5-16-17(10-12)28-7-6-27-16/h2-5,8-10H,6-7,22H2,1H3,(H,23,25). The van der Waals surface area contributed by atoms with E-state index >= 15 is 0 Å². The molecule has 1 aliphatic heterocycles. The molecule has 2 aromatic carbocycles. The highest BCUT2D eigenvalue weighted by Gasteiger charge is 2.19. The summed E-state index contributed by atoms with van der Waals surface area (Å²) >= 11 is 1.27. The van der Waals surface area contributed by atoms with E-state index in [1.807, 2.05) is 24.3 Å². The maximum Gasteiger partial charge on any atom is 0.267 e. The summed E-state index contributed by atoms with van der Waals surface area (Å²) in [4.78, 5) is 18.7. The molecular formula is C21H17N3O4S. The first-order valence-corrected chi connectivity index (χ1v) is 9.82. The number of carbonyl (C=O) groups is 1. The highest BCUT2D eigenvalue weighted by atomic mass is 32.1. The number of ether oxygens (including phenoxy) is 3. The molecule has 0 saturated carbocycles. The lowest BCUT2D eigenvalue weighted by molar-refractivity contribution is 0.103. The van der Waals surface area contributed by atoms with E-state index < -0.39 is 0 Å². The number of anilines is 2. The van der Waals surface area contributed by atoms with Gasteiger partial charge in [0.05, 0.1) is 18.3 Å². The number of pyridine rings is 1. The molecule has 0 aliphatic carbocycles. The van der Waals surface area contributed by atoms with Gasteiger partial charge in [-0.3, -0.25) is 4.79 Å². The van der Waals surface area contributed by atoms with Crippen molar-refractivity contribution in [2.24, 2.45) is 0 Å². The van der Waals surface area contributed by atoms with Gasteiger partial charge in [-0.25, -0.2) is 4.98 Å². The maximum absolute atomic E-state index is 12.9. The maximum atomic E-state index is 12.9. The molecule has 29 heavy (non-hydrogen) atoms. The minimum atomic E-state index is -0.288. The minimum absolute atomic E-state index is 0.288. The number of amides is 1. The largest absolute Gasteiger partial charge is 0.497 e. The Morgan fingerprint density at radius 1 is 1.14 bits per heavy atom. The van der Waals surface area contributed by atoms with E-state index in [0.29, 0.717) is 45.8 Å². The third kappa shape index (κ3) is 3.07. The summed E-state index contributed by atoms with van der Waals surface area (Å²) in [6.45, 7) is 1.00. The van der Waals surface area contributed by atoms with Crippen molar-refractivity contribution in [3.05, 3.63) is 47.3 Å². The number of nitrogens with zero attached hydrogens (tertiary/aromatic N) is 1. The van der Waals surface area contributed by atoms with Gasteiger partial charge in [0.1, 0.15) is 28.7 Å². The van der Waals surface area contributed by atoms with Crippen LogP contribution < -0.4 is 25.3 Å². The summed E-state index contributed by atoms with van der Waals surface area (Å²) in [7, 11) is 1.62. The summed E-state index contributed by atoms with van der Waals surface area (Å²) < 4.78 is 16.4. The lowest BCUT2D eigenvalue weighted by Crippen LogP contribution is -2.16. The van der Waals surface area contributed by atoms with Crippen LogP contribution in [-0.4, -0.2) is 31.2 Å². The van der Waals surface area contributed by atoms with Crippen molar-refractivity contribution in [3.63, 3.8) is 0 Å². The Balaban J connectivity index is 1.49. The Bertz CT molecular complexity index is 1270. The molecule has 0 unspecified atom stereocenters. The summed E-state index contributed by atoms with van der Waals surface area (Å²) in [5, 5.41) is 4.53. The zero-order valence-corrected chi connectivity index (χ0v) is 16.3. The van der Waals surface area contributed by atoms with Crippen LogP contribution >= 0.6 is 11.3 Å². The van der Waals surface area contributed by atoms with Crippen LogP contribution in [0, 0.1) is 0 Å². The van der Waals surface area contributed by atoms with Crippen LogP contribution in [-0.2, 0) is 0 Å². The van der Waals surface area contributed by atoms with Crippen LogP contribution in [0.1, 0.15) is 9.67 Å². The van der Waals surface area contributed by atoms with Crippen LogP contribution in [0.25, 0.3) is 21.1 Å². The van der Waals surface area contributed by atoms with Gasteiger partial charge in [-0.15, -0.1) is 11.3 Å². The third-order valence-corrected chi connectivity index (χ3v) is 5.84. The highest BCUT2D eigenvalue weighted by Crippen LogP contribution is 2.37. The van der Waals surface area contributed by atoms with Gasteiger partial charge >= 0.3 is 0 Å². The zero-order valence-electron chi connectivity index (χ0n) is 15.5. The average Bonchev–Trinajstić information content (AvgIpc) is 3.07. The van der Waals surface area contributed by atoms with E-state index in [-0.39, 0.29) is 5.91 Å². The molecule has 146 valence electrons. The van der Waals surface area contributed by atoms with Crippen molar-refractivity contribution in [3.8, 4) is 17.2 Å². The number of methoxy groups -OCH3 is 1. The second-order valence-electron chi connectivity index (χ2n) is 6.56. The predicted octanol–water partition coefficient (Wildman–Crippen LogP) is 4.06. The zero-order chi connectivity index (χ0) is 20.0. The molecule has 0 fully saturated rings. The number of aromatic nitrogens is 1. The molecule has 3 N–H and O–H groups in total. The fourth-order valence-corrected chi connectivity index (χ4v) is 4.27. The molecule has 0 saturated heterocycles. The molecule has 0 spiro atoms. The Kier molecular flexibility index (Phi) is 4.13. The fourth-order valence-electron chi connectivity index (χ4n) is 3.29. The van der Waals surface area contributed by atoms with Crippen molar-refractivity contribution >= 4 is 49.7 Å². The number of nitrogen functional groups attached to an aromatic ring is 1. The normalized spacial score (nSPS) is 12.9. The molecule has 0 radical (unpaired) electrons. The Morgan fingerprint density at radius 3 is 2.79 bits per heavy atom. The van der Waals surface area contributed by atoms with Crippen LogP contribution in [0.5, 0.6) is 17.2 Å². The molecule has 3 heterocycles. The number of nitrogens with two attached hydrogens (primary N) is 1. The number of rotatable bonds is 3. The first-order valence-electron chi connectivity index (χ1n) is 9.00. The fraction of sp³-hybridized carbons (Fsp3) is 0.143. The predicted molar refractivity (Wildman–Crippen MR) is 113 cm³/mol. The monoisotopic (exact) mass is 407 g/mol. The molecule has 5 rings (SSSR count). The van der Waals surface area contributed by atoms with Crippen molar-refractivity contribution < 1.29 is 19.0 Å². The lowest BCUT2D eigenvalue weighted by Gasteiger charge is -2.18. The molecule has 2 aromatic heterocycles. The summed E-state index contributed by atoms with van der Waals surface area (Å²) in [5.74, 6) is 1.73. The highest BCUT2D eigenvalue weighted by molar-refractivity contribution is 7.21. The van der Waals surface area contributed by atoms with E-state index in [4.69, 9.17) is 19.9 Å². The number of fused-ring (bicyclic) bond motifs is 3. The van der Waals surface area contributed by atoms with Crippen LogP contribution in [0.4, 0.5) is 11.4 Å². The van der Waals surface area contributed by atoms with E-state index in [0.717, 1.165) is 22.0 Å². The van der Waals surface area contributed by atoms with Crippen LogP contribution in [0.15, 0.2) is 42.5 Å². The summed E-state index contributed by atoms with van der Waals surface area (Å²) in [6, 6.07) is 12.9. The average molecular weight is 407 g/mol. The van der Waals surface area contributed by atoms with Gasteiger partial charge in [0.25, 0.3) is 5.91 Å². The summed E-state index contributed by atoms with van der Waals surface area (Å²) in [5.41, 5.74) is 8.14. The lowest BCUT2D eigenvalue weighted by atomic mass is 10.1. The Labute approximate surface area is 170 Å². The van der Waals surface area contributed by atoms with Gasteiger partial charge in [-0.2, -0.15) is 0 Å². The Morgan fingerprint density at radius 2 is 1.97 bits per heavy atom. The molecular weight excluding hydrogens is 390 g/mol. The van der Waals surface area contributed by atoms with E-state index in [1.54, 1.807) is 25.3 Å². The molecule has 7 nitrogen and oxygen atoms in total. The molecule has 1 amide bonds. The van der Waals surface area contributed by atoms with Crippen molar-refractivity contribution in [1.82, 2.24) is 4.98 Å². The van der Waals surface area contributed by atoms with Crippen LogP contribution in [0.2, 0.25) is 0 Å². The van der Waals surface area contributed by atoms with Gasteiger partial charge in [0.15, 0.2) is 11.5 Å². The van der Waals surface area contributed by atoms with Gasteiger partial charge in [0.2, 0.25) is 0 Å². The quantitative estimate of drug-likeness (QED) is 0.532. The molecule has 0 bridgehead atoms. The molecule has 1 aliphatic rings. The number of hydrogen-bond donors (Lipinski definition) is 2.